The molecular formula is C13H19NO2. The van der Waals surface area contributed by atoms with Crippen molar-refractivity contribution in [3.63, 3.8) is 0 Å². The molecule has 1 heterocycles. The molecule has 1 saturated heterocycles. The maximum atomic E-state index is 11.3. The maximum Gasteiger partial charge on any atom is 0.220 e. The molecule has 1 fully saturated rings. The van der Waals surface area contributed by atoms with Crippen molar-refractivity contribution in [3.05, 3.63) is 24.0 Å². The fourth-order valence-electron chi connectivity index (χ4n) is 2.44. The zero-order chi connectivity index (χ0) is 11.4. The van der Waals surface area contributed by atoms with Gasteiger partial charge in [-0.25, -0.2) is 0 Å². The summed E-state index contributed by atoms with van der Waals surface area (Å²) < 4.78 is 5.58. The zero-order valence-corrected chi connectivity index (χ0v) is 9.52. The van der Waals surface area contributed by atoms with Gasteiger partial charge in [0.2, 0.25) is 5.91 Å². The summed E-state index contributed by atoms with van der Waals surface area (Å²) in [6.07, 6.45) is 11.0. The Bertz CT molecular complexity index is 320. The number of primary amides is 1. The zero-order valence-electron chi connectivity index (χ0n) is 9.52. The van der Waals surface area contributed by atoms with Crippen LogP contribution in [0.1, 0.15) is 32.1 Å². The van der Waals surface area contributed by atoms with Crippen molar-refractivity contribution in [1.82, 2.24) is 0 Å². The Morgan fingerprint density at radius 2 is 2.19 bits per heavy atom. The number of nitrogens with two attached hydrogens (primary N) is 1. The Hall–Kier alpha value is -1.25. The third kappa shape index (κ3) is 2.65. The van der Waals surface area contributed by atoms with E-state index >= 15 is 0 Å². The lowest BCUT2D eigenvalue weighted by Crippen LogP contribution is -2.24. The molecule has 2 rings (SSSR count). The highest BCUT2D eigenvalue weighted by molar-refractivity contribution is 5.76. The van der Waals surface area contributed by atoms with Crippen molar-refractivity contribution in [2.75, 3.05) is 6.61 Å². The Labute approximate surface area is 96.3 Å². The molecule has 3 nitrogen and oxygen atoms in total. The Balaban J connectivity index is 2.06. The highest BCUT2D eigenvalue weighted by Gasteiger charge is 2.25. The van der Waals surface area contributed by atoms with Gasteiger partial charge in [0, 0.05) is 11.8 Å². The molecule has 3 heteroatoms. The lowest BCUT2D eigenvalue weighted by Gasteiger charge is -2.16. The van der Waals surface area contributed by atoms with Gasteiger partial charge in [-0.3, -0.25) is 4.79 Å². The topological polar surface area (TPSA) is 52.3 Å². The van der Waals surface area contributed by atoms with E-state index in [9.17, 15) is 4.79 Å². The van der Waals surface area contributed by atoms with E-state index in [0.29, 0.717) is 5.92 Å². The number of rotatable bonds is 1. The number of hydrogen-bond acceptors (Lipinski definition) is 2. The summed E-state index contributed by atoms with van der Waals surface area (Å²) in [5.74, 6) is 1.45. The second-order valence-electron chi connectivity index (χ2n) is 4.59. The van der Waals surface area contributed by atoms with E-state index in [1.54, 1.807) is 0 Å². The minimum absolute atomic E-state index is 0.0320. The molecule has 0 radical (unpaired) electrons. The van der Waals surface area contributed by atoms with Crippen LogP contribution in [0, 0.1) is 11.8 Å². The van der Waals surface area contributed by atoms with Crippen LogP contribution in [-0.2, 0) is 9.53 Å². The molecule has 0 spiro atoms. The molecule has 0 aromatic rings. The third-order valence-electron chi connectivity index (χ3n) is 3.48. The molecule has 88 valence electrons. The first-order chi connectivity index (χ1) is 7.77. The van der Waals surface area contributed by atoms with Gasteiger partial charge in [-0.1, -0.05) is 12.2 Å². The lowest BCUT2D eigenvalue weighted by atomic mass is 9.89. The molecule has 2 unspecified atom stereocenters. The van der Waals surface area contributed by atoms with E-state index < -0.39 is 0 Å². The number of carbonyl (C=O) groups excluding carboxylic acids is 1. The predicted molar refractivity (Wildman–Crippen MR) is 62.4 cm³/mol. The number of hydrogen-bond donors (Lipinski definition) is 1. The molecule has 1 aliphatic heterocycles. The Morgan fingerprint density at radius 1 is 1.31 bits per heavy atom. The number of allylic oxidation sites excluding steroid dienone is 4. The van der Waals surface area contributed by atoms with Gasteiger partial charge in [0.05, 0.1) is 12.4 Å². The maximum absolute atomic E-state index is 11.3. The summed E-state index contributed by atoms with van der Waals surface area (Å²) in [5, 5.41) is 0. The SMILES string of the molecule is NC(=O)C1CC/C=C\C=C2\OCCC2CC1. The molecule has 0 saturated carbocycles. The lowest BCUT2D eigenvalue weighted by molar-refractivity contribution is -0.122. The van der Waals surface area contributed by atoms with Crippen LogP contribution in [0.5, 0.6) is 0 Å². The molecule has 2 aliphatic rings. The Morgan fingerprint density at radius 3 is 3.00 bits per heavy atom. The van der Waals surface area contributed by atoms with Gasteiger partial charge in [-0.05, 0) is 38.2 Å². The molecule has 0 aromatic heterocycles. The summed E-state index contributed by atoms with van der Waals surface area (Å²) in [4.78, 5) is 11.3. The predicted octanol–water partition coefficient (Wildman–Crippen LogP) is 2.14. The van der Waals surface area contributed by atoms with Crippen molar-refractivity contribution < 1.29 is 9.53 Å². The van der Waals surface area contributed by atoms with Crippen molar-refractivity contribution in [2.45, 2.75) is 32.1 Å². The highest BCUT2D eigenvalue weighted by Crippen LogP contribution is 2.31. The van der Waals surface area contributed by atoms with Gasteiger partial charge < -0.3 is 10.5 Å². The van der Waals surface area contributed by atoms with Crippen LogP contribution >= 0.6 is 0 Å². The normalized spacial score (nSPS) is 35.4. The smallest absolute Gasteiger partial charge is 0.220 e. The van der Waals surface area contributed by atoms with Crippen molar-refractivity contribution in [1.29, 1.82) is 0 Å². The average molecular weight is 221 g/mol. The van der Waals surface area contributed by atoms with Crippen molar-refractivity contribution >= 4 is 5.91 Å². The minimum atomic E-state index is -0.154. The van der Waals surface area contributed by atoms with Crippen LogP contribution in [0.3, 0.4) is 0 Å². The molecule has 0 bridgehead atoms. The highest BCUT2D eigenvalue weighted by atomic mass is 16.5. The molecule has 2 atom stereocenters. The number of fused-ring (bicyclic) bond motifs is 1. The molecule has 1 amide bonds. The number of ether oxygens (including phenoxy) is 1. The largest absolute Gasteiger partial charge is 0.498 e. The van der Waals surface area contributed by atoms with E-state index in [1.165, 1.54) is 0 Å². The van der Waals surface area contributed by atoms with Gasteiger partial charge in [0.15, 0.2) is 0 Å². The van der Waals surface area contributed by atoms with Crippen LogP contribution in [0.25, 0.3) is 0 Å². The fourth-order valence-corrected chi connectivity index (χ4v) is 2.44. The molecule has 16 heavy (non-hydrogen) atoms. The van der Waals surface area contributed by atoms with Crippen LogP contribution in [-0.4, -0.2) is 12.5 Å². The summed E-state index contributed by atoms with van der Waals surface area (Å²) in [6.45, 7) is 0.811. The van der Waals surface area contributed by atoms with Crippen LogP contribution in [0.2, 0.25) is 0 Å². The van der Waals surface area contributed by atoms with E-state index in [-0.39, 0.29) is 11.8 Å². The number of carbonyl (C=O) groups is 1. The first-order valence-corrected chi connectivity index (χ1v) is 6.06. The van der Waals surface area contributed by atoms with Crippen LogP contribution < -0.4 is 5.73 Å². The van der Waals surface area contributed by atoms with Crippen molar-refractivity contribution in [3.8, 4) is 0 Å². The Kier molecular flexibility index (Phi) is 3.65. The molecule has 1 aliphatic carbocycles. The second kappa shape index (κ2) is 5.19. The fraction of sp³-hybridized carbons (Fsp3) is 0.615. The van der Waals surface area contributed by atoms with Gasteiger partial charge in [0.25, 0.3) is 0 Å². The monoisotopic (exact) mass is 221 g/mol. The second-order valence-corrected chi connectivity index (χ2v) is 4.59. The van der Waals surface area contributed by atoms with E-state index in [0.717, 1.165) is 44.5 Å². The first kappa shape index (κ1) is 11.2. The molecule has 0 aromatic carbocycles. The van der Waals surface area contributed by atoms with Crippen molar-refractivity contribution in [2.24, 2.45) is 17.6 Å². The summed E-state index contributed by atoms with van der Waals surface area (Å²) in [7, 11) is 0. The van der Waals surface area contributed by atoms with Gasteiger partial charge in [0.1, 0.15) is 0 Å². The standard InChI is InChI=1S/C13H19NO2/c14-13(15)11-4-2-1-3-5-12-10(6-7-11)8-9-16-12/h1,3,5,10-11H,2,4,6-9H2,(H2,14,15)/b3-1-,12-5+. The molecular weight excluding hydrogens is 202 g/mol. The first-order valence-electron chi connectivity index (χ1n) is 6.06. The van der Waals surface area contributed by atoms with Crippen LogP contribution in [0.4, 0.5) is 0 Å². The summed E-state index contributed by atoms with van der Waals surface area (Å²) >= 11 is 0. The third-order valence-corrected chi connectivity index (χ3v) is 3.48. The minimum Gasteiger partial charge on any atom is -0.498 e. The molecule has 2 N–H and O–H groups in total. The van der Waals surface area contributed by atoms with Gasteiger partial charge in [-0.15, -0.1) is 0 Å². The quantitative estimate of drug-likeness (QED) is 0.737. The van der Waals surface area contributed by atoms with Crippen LogP contribution in [0.15, 0.2) is 24.0 Å². The summed E-state index contributed by atoms with van der Waals surface area (Å²) in [6, 6.07) is 0. The van der Waals surface area contributed by atoms with E-state index in [1.807, 2.05) is 6.08 Å². The number of amides is 1. The average Bonchev–Trinajstić information content (AvgIpc) is 2.70. The van der Waals surface area contributed by atoms with E-state index in [2.05, 4.69) is 12.2 Å². The van der Waals surface area contributed by atoms with Gasteiger partial charge in [-0.2, -0.15) is 0 Å². The van der Waals surface area contributed by atoms with E-state index in [4.69, 9.17) is 10.5 Å². The summed E-state index contributed by atoms with van der Waals surface area (Å²) in [5.41, 5.74) is 5.41. The van der Waals surface area contributed by atoms with Gasteiger partial charge >= 0.3 is 0 Å².